The van der Waals surface area contributed by atoms with Crippen molar-refractivity contribution >= 4 is 5.78 Å². The number of methoxy groups -OCH3 is 1. The summed E-state index contributed by atoms with van der Waals surface area (Å²) >= 11 is 0. The van der Waals surface area contributed by atoms with Crippen LogP contribution in [0.1, 0.15) is 72.5 Å². The summed E-state index contributed by atoms with van der Waals surface area (Å²) in [5.74, 6) is -1.44. The zero-order valence-corrected chi connectivity index (χ0v) is 19.8. The van der Waals surface area contributed by atoms with Crippen LogP contribution >= 0.6 is 0 Å². The van der Waals surface area contributed by atoms with Gasteiger partial charge in [-0.25, -0.2) is 9.37 Å². The summed E-state index contributed by atoms with van der Waals surface area (Å²) in [7, 11) is 1.55. The highest BCUT2D eigenvalue weighted by Gasteiger charge is 2.34. The van der Waals surface area contributed by atoms with Crippen LogP contribution < -0.4 is 10.3 Å². The van der Waals surface area contributed by atoms with E-state index >= 15 is 0 Å². The second kappa shape index (κ2) is 10.0. The van der Waals surface area contributed by atoms with Gasteiger partial charge in [0.1, 0.15) is 23.1 Å². The number of benzene rings is 2. The molecule has 3 aromatic rings. The lowest BCUT2D eigenvalue weighted by atomic mass is 9.83. The molecule has 35 heavy (non-hydrogen) atoms. The van der Waals surface area contributed by atoms with E-state index in [1.54, 1.807) is 26.2 Å². The Hall–Kier alpha value is -3.49. The van der Waals surface area contributed by atoms with Crippen molar-refractivity contribution in [1.29, 1.82) is 0 Å². The molecule has 0 amide bonds. The van der Waals surface area contributed by atoms with Gasteiger partial charge in [-0.1, -0.05) is 25.1 Å². The van der Waals surface area contributed by atoms with Gasteiger partial charge in [0.25, 0.3) is 5.56 Å². The third-order valence-corrected chi connectivity index (χ3v) is 6.13. The Balaban J connectivity index is 1.89. The van der Waals surface area contributed by atoms with Gasteiger partial charge < -0.3 is 9.72 Å². The van der Waals surface area contributed by atoms with Crippen LogP contribution in [0.5, 0.6) is 5.75 Å². The molecule has 1 N–H and O–H groups in total. The Bertz CT molecular complexity index is 1260. The van der Waals surface area contributed by atoms with Gasteiger partial charge >= 0.3 is 6.18 Å². The smallest absolute Gasteiger partial charge is 0.419 e. The topological polar surface area (TPSA) is 72.0 Å². The Morgan fingerprint density at radius 2 is 1.74 bits per heavy atom. The predicted molar refractivity (Wildman–Crippen MR) is 123 cm³/mol. The molecule has 3 rings (SSSR count). The molecule has 0 fully saturated rings. The van der Waals surface area contributed by atoms with Gasteiger partial charge in [-0.2, -0.15) is 13.2 Å². The third kappa shape index (κ3) is 5.78. The van der Waals surface area contributed by atoms with Crippen molar-refractivity contribution in [2.45, 2.75) is 51.1 Å². The number of halogens is 4. The number of ether oxygens (including phenoxy) is 1. The molecule has 0 spiro atoms. The molecule has 2 aromatic carbocycles. The summed E-state index contributed by atoms with van der Waals surface area (Å²) in [6.07, 6.45) is -4.56. The first-order chi connectivity index (χ1) is 16.4. The van der Waals surface area contributed by atoms with Gasteiger partial charge in [0.05, 0.1) is 12.7 Å². The van der Waals surface area contributed by atoms with E-state index in [0.29, 0.717) is 18.2 Å². The minimum absolute atomic E-state index is 0.0591. The van der Waals surface area contributed by atoms with Crippen LogP contribution in [0.3, 0.4) is 0 Å². The van der Waals surface area contributed by atoms with E-state index < -0.39 is 40.2 Å². The number of nitrogens with one attached hydrogen (secondary N) is 1. The van der Waals surface area contributed by atoms with Crippen molar-refractivity contribution in [3.8, 4) is 5.75 Å². The molecule has 1 heterocycles. The molecule has 9 heteroatoms. The van der Waals surface area contributed by atoms with Crippen molar-refractivity contribution in [3.05, 3.63) is 92.9 Å². The number of H-pyrrole nitrogens is 1. The molecule has 1 aromatic heterocycles. The molecule has 0 aliphatic carbocycles. The number of alkyl halides is 3. The average molecular weight is 490 g/mol. The summed E-state index contributed by atoms with van der Waals surface area (Å²) < 4.78 is 57.9. The maximum absolute atomic E-state index is 14.1. The van der Waals surface area contributed by atoms with E-state index in [2.05, 4.69) is 9.97 Å². The third-order valence-electron chi connectivity index (χ3n) is 6.13. The van der Waals surface area contributed by atoms with Gasteiger partial charge in [-0.15, -0.1) is 0 Å². The van der Waals surface area contributed by atoms with Gasteiger partial charge in [0.2, 0.25) is 0 Å². The quantitative estimate of drug-likeness (QED) is 0.309. The fourth-order valence-electron chi connectivity index (χ4n) is 3.88. The number of carbonyl (C=O) groups is 1. The average Bonchev–Trinajstić information content (AvgIpc) is 2.81. The number of ketones is 1. The zero-order chi connectivity index (χ0) is 26.0. The number of aromatic amines is 1. The van der Waals surface area contributed by atoms with Crippen LogP contribution in [0, 0.1) is 5.82 Å². The molecule has 0 radical (unpaired) electrons. The van der Waals surface area contributed by atoms with Crippen LogP contribution in [0.2, 0.25) is 0 Å². The van der Waals surface area contributed by atoms with E-state index in [4.69, 9.17) is 4.74 Å². The molecular weight excluding hydrogens is 464 g/mol. The Morgan fingerprint density at radius 3 is 2.29 bits per heavy atom. The highest BCUT2D eigenvalue weighted by Crippen LogP contribution is 2.34. The van der Waals surface area contributed by atoms with Crippen LogP contribution in [-0.4, -0.2) is 22.9 Å². The van der Waals surface area contributed by atoms with Crippen LogP contribution in [-0.2, 0) is 11.6 Å². The molecule has 0 aliphatic heterocycles. The molecule has 0 saturated heterocycles. The second-order valence-electron chi connectivity index (χ2n) is 8.80. The molecule has 1 atom stereocenters. The zero-order valence-electron chi connectivity index (χ0n) is 19.8. The van der Waals surface area contributed by atoms with Gasteiger partial charge in [-0.3, -0.25) is 9.59 Å². The lowest BCUT2D eigenvalue weighted by Gasteiger charge is -2.25. The normalized spacial score (nSPS) is 12.9. The molecular formula is C26H26F4N2O3. The number of carbonyl (C=O) groups excluding carboxylic acids is 1. The first-order valence-corrected chi connectivity index (χ1v) is 11.0. The summed E-state index contributed by atoms with van der Waals surface area (Å²) in [5, 5.41) is 0. The SMILES string of the molecule is CC[C@@H](CC(=O)c1cc(=O)[nH]c(C(C)(C)c2ccc(OC)cc2)n1)c1ccc(C(F)(F)F)c(F)c1. The summed E-state index contributed by atoms with van der Waals surface area (Å²) in [5.41, 5.74) is -1.57. The lowest BCUT2D eigenvalue weighted by molar-refractivity contribution is -0.140. The second-order valence-corrected chi connectivity index (χ2v) is 8.80. The number of hydrogen-bond donors (Lipinski definition) is 1. The van der Waals surface area contributed by atoms with E-state index in [9.17, 15) is 27.2 Å². The van der Waals surface area contributed by atoms with Crippen LogP contribution in [0.4, 0.5) is 17.6 Å². The number of aromatic nitrogens is 2. The first-order valence-electron chi connectivity index (χ1n) is 11.0. The lowest BCUT2D eigenvalue weighted by Crippen LogP contribution is -2.28. The largest absolute Gasteiger partial charge is 0.497 e. The van der Waals surface area contributed by atoms with E-state index in [1.807, 2.05) is 26.0 Å². The molecule has 0 bridgehead atoms. The molecule has 0 saturated carbocycles. The Morgan fingerprint density at radius 1 is 1.09 bits per heavy atom. The fourth-order valence-corrected chi connectivity index (χ4v) is 3.88. The number of rotatable bonds is 8. The molecule has 0 unspecified atom stereocenters. The van der Waals surface area contributed by atoms with E-state index in [-0.39, 0.29) is 23.5 Å². The standard InChI is InChI=1S/C26H26F4N2O3/c1-5-15(16-6-11-19(20(27)12-16)26(28,29)30)13-22(33)21-14-23(34)32-24(31-21)25(2,3)17-7-9-18(35-4)10-8-17/h6-12,14-15H,5,13H2,1-4H3,(H,31,32,34)/t15-/m0/s1. The highest BCUT2D eigenvalue weighted by atomic mass is 19.4. The number of nitrogens with zero attached hydrogens (tertiary/aromatic N) is 1. The Kier molecular flexibility index (Phi) is 7.47. The maximum atomic E-state index is 14.1. The van der Waals surface area contributed by atoms with E-state index in [1.165, 1.54) is 6.07 Å². The molecule has 0 aliphatic rings. The first kappa shape index (κ1) is 26.1. The van der Waals surface area contributed by atoms with Crippen molar-refractivity contribution in [1.82, 2.24) is 9.97 Å². The van der Waals surface area contributed by atoms with Crippen molar-refractivity contribution in [2.75, 3.05) is 7.11 Å². The minimum Gasteiger partial charge on any atom is -0.497 e. The highest BCUT2D eigenvalue weighted by molar-refractivity contribution is 5.94. The van der Waals surface area contributed by atoms with Gasteiger partial charge in [-0.05, 0) is 61.6 Å². The summed E-state index contributed by atoms with van der Waals surface area (Å²) in [4.78, 5) is 32.5. The fraction of sp³-hybridized carbons (Fsp3) is 0.346. The predicted octanol–water partition coefficient (Wildman–Crippen LogP) is 6.03. The monoisotopic (exact) mass is 490 g/mol. The minimum atomic E-state index is -4.80. The van der Waals surface area contributed by atoms with Crippen LogP contribution in [0.25, 0.3) is 0 Å². The Labute approximate surface area is 200 Å². The van der Waals surface area contributed by atoms with Crippen molar-refractivity contribution in [3.63, 3.8) is 0 Å². The van der Waals surface area contributed by atoms with Gasteiger partial charge in [0, 0.05) is 17.9 Å². The van der Waals surface area contributed by atoms with Crippen molar-refractivity contribution < 1.29 is 27.1 Å². The molecule has 5 nitrogen and oxygen atoms in total. The summed E-state index contributed by atoms with van der Waals surface area (Å²) in [6.45, 7) is 5.44. The number of Topliss-reactive ketones (excluding diaryl/α,β-unsaturated/α-hetero) is 1. The van der Waals surface area contributed by atoms with Crippen molar-refractivity contribution in [2.24, 2.45) is 0 Å². The van der Waals surface area contributed by atoms with Gasteiger partial charge in [0.15, 0.2) is 5.78 Å². The number of hydrogen-bond acceptors (Lipinski definition) is 4. The maximum Gasteiger partial charge on any atom is 0.419 e. The van der Waals surface area contributed by atoms with E-state index in [0.717, 1.165) is 17.7 Å². The van der Waals surface area contributed by atoms with Crippen LogP contribution in [0.15, 0.2) is 53.3 Å². The summed E-state index contributed by atoms with van der Waals surface area (Å²) in [6, 6.07) is 11.0. The molecule has 186 valence electrons.